The van der Waals surface area contributed by atoms with Gasteiger partial charge in [0.2, 0.25) is 5.91 Å². The number of hydrogen-bond acceptors (Lipinski definition) is 5. The molecule has 67 heavy (non-hydrogen) atoms. The van der Waals surface area contributed by atoms with Gasteiger partial charge in [-0.25, -0.2) is 4.57 Å². The number of phosphoric acid groups is 1. The standard InChI is InChI=1S/C58H117N2O6P/c1-6-8-10-12-14-16-18-19-20-21-22-23-24-25-26-27-28-29-30-31-32-33-34-35-36-37-38-39-40-41-42-44-46-48-50-52-58(62)59-56(55-66-67(63,64)65-54-53-60(3,4)5)57(61)51-49-47-45-43-17-15-13-11-9-7-2/h21-22,56-57,61H,6-20,23-55H2,1-5H3,(H-,59,62,63,64)/p+1/b22-21-. The third kappa shape index (κ3) is 52.9. The summed E-state index contributed by atoms with van der Waals surface area (Å²) in [5.74, 6) is -0.140. The van der Waals surface area contributed by atoms with Crippen molar-refractivity contribution >= 4 is 13.7 Å². The fourth-order valence-corrected chi connectivity index (χ4v) is 9.84. The van der Waals surface area contributed by atoms with Crippen LogP contribution >= 0.6 is 7.82 Å². The number of carbonyl (C=O) groups excluding carboxylic acids is 1. The van der Waals surface area contributed by atoms with E-state index >= 15 is 0 Å². The van der Waals surface area contributed by atoms with E-state index in [2.05, 4.69) is 31.3 Å². The molecule has 0 spiro atoms. The van der Waals surface area contributed by atoms with Crippen LogP contribution in [0, 0.1) is 0 Å². The zero-order chi connectivity index (χ0) is 49.2. The van der Waals surface area contributed by atoms with Gasteiger partial charge in [0, 0.05) is 6.42 Å². The molecule has 0 aromatic carbocycles. The van der Waals surface area contributed by atoms with Crippen molar-refractivity contribution in [1.82, 2.24) is 5.32 Å². The molecule has 0 fully saturated rings. The van der Waals surface area contributed by atoms with Gasteiger partial charge in [-0.15, -0.1) is 0 Å². The number of quaternary nitrogens is 1. The van der Waals surface area contributed by atoms with Crippen LogP contribution in [0.5, 0.6) is 0 Å². The van der Waals surface area contributed by atoms with Crippen LogP contribution in [-0.4, -0.2) is 73.4 Å². The highest BCUT2D eigenvalue weighted by Gasteiger charge is 2.28. The van der Waals surface area contributed by atoms with Gasteiger partial charge in [0.15, 0.2) is 0 Å². The van der Waals surface area contributed by atoms with Gasteiger partial charge in [-0.1, -0.05) is 270 Å². The number of hydrogen-bond donors (Lipinski definition) is 3. The predicted octanol–water partition coefficient (Wildman–Crippen LogP) is 17.8. The lowest BCUT2D eigenvalue weighted by molar-refractivity contribution is -0.870. The van der Waals surface area contributed by atoms with E-state index in [4.69, 9.17) is 9.05 Å². The predicted molar refractivity (Wildman–Crippen MR) is 291 cm³/mol. The number of phosphoric ester groups is 1. The summed E-state index contributed by atoms with van der Waals surface area (Å²) >= 11 is 0. The number of carbonyl (C=O) groups is 1. The Labute approximate surface area is 418 Å². The molecular formula is C58H118N2O6P+. The molecule has 0 rings (SSSR count). The number of allylic oxidation sites excluding steroid dienone is 2. The minimum Gasteiger partial charge on any atom is -0.391 e. The molecule has 3 N–H and O–H groups in total. The first-order valence-electron chi connectivity index (χ1n) is 29.6. The molecule has 3 atom stereocenters. The van der Waals surface area contributed by atoms with Crippen molar-refractivity contribution < 1.29 is 32.9 Å². The molecule has 0 radical (unpaired) electrons. The zero-order valence-corrected chi connectivity index (χ0v) is 46.6. The fraction of sp³-hybridized carbons (Fsp3) is 0.948. The summed E-state index contributed by atoms with van der Waals surface area (Å²) in [6.07, 6.45) is 61.6. The lowest BCUT2D eigenvalue weighted by atomic mass is 10.0. The Kier molecular flexibility index (Phi) is 49.6. The smallest absolute Gasteiger partial charge is 0.391 e. The molecule has 0 aliphatic rings. The highest BCUT2D eigenvalue weighted by molar-refractivity contribution is 7.47. The summed E-state index contributed by atoms with van der Waals surface area (Å²) in [4.78, 5) is 23.2. The second-order valence-electron chi connectivity index (χ2n) is 21.7. The Morgan fingerprint density at radius 1 is 0.493 bits per heavy atom. The van der Waals surface area contributed by atoms with E-state index in [1.807, 2.05) is 21.1 Å². The first-order valence-corrected chi connectivity index (χ1v) is 31.0. The summed E-state index contributed by atoms with van der Waals surface area (Å²) in [5, 5.41) is 14.0. The minimum absolute atomic E-state index is 0.0777. The maximum absolute atomic E-state index is 12.9. The molecule has 0 aliphatic carbocycles. The van der Waals surface area contributed by atoms with Gasteiger partial charge in [0.1, 0.15) is 13.2 Å². The van der Waals surface area contributed by atoms with Crippen LogP contribution in [0.3, 0.4) is 0 Å². The number of aliphatic hydroxyl groups excluding tert-OH is 1. The van der Waals surface area contributed by atoms with E-state index in [9.17, 15) is 19.4 Å². The van der Waals surface area contributed by atoms with E-state index in [0.717, 1.165) is 38.5 Å². The van der Waals surface area contributed by atoms with Crippen molar-refractivity contribution in [3.8, 4) is 0 Å². The molecule has 400 valence electrons. The fourth-order valence-electron chi connectivity index (χ4n) is 9.10. The number of nitrogens with one attached hydrogen (secondary N) is 1. The second-order valence-corrected chi connectivity index (χ2v) is 23.2. The van der Waals surface area contributed by atoms with Gasteiger partial charge in [0.25, 0.3) is 0 Å². The van der Waals surface area contributed by atoms with Crippen molar-refractivity contribution in [2.75, 3.05) is 40.9 Å². The van der Waals surface area contributed by atoms with Crippen molar-refractivity contribution in [2.45, 2.75) is 315 Å². The highest BCUT2D eigenvalue weighted by atomic mass is 31.2. The molecule has 0 heterocycles. The SMILES string of the molecule is CCCCCCCCCC/C=C\CCCCCCCCCCCCCCCCCCCCCCCCCC(=O)NC(COP(=O)(O)OCC[N+](C)(C)C)C(O)CCCCCCCCCCCC. The molecule has 0 aromatic heterocycles. The van der Waals surface area contributed by atoms with Crippen LogP contribution < -0.4 is 5.32 Å². The number of amides is 1. The minimum atomic E-state index is -4.31. The van der Waals surface area contributed by atoms with Crippen molar-refractivity contribution in [2.24, 2.45) is 0 Å². The van der Waals surface area contributed by atoms with E-state index in [1.54, 1.807) is 0 Å². The summed E-state index contributed by atoms with van der Waals surface area (Å²) in [5.41, 5.74) is 0. The van der Waals surface area contributed by atoms with Crippen LogP contribution in [0.15, 0.2) is 12.2 Å². The normalized spacial score (nSPS) is 14.0. The molecule has 0 bridgehead atoms. The Bertz CT molecular complexity index is 1100. The quantitative estimate of drug-likeness (QED) is 0.0243. The molecule has 0 aromatic rings. The summed E-state index contributed by atoms with van der Waals surface area (Å²) in [7, 11) is 1.63. The first-order chi connectivity index (χ1) is 32.5. The lowest BCUT2D eigenvalue weighted by Gasteiger charge is -2.26. The Balaban J connectivity index is 3.84. The summed E-state index contributed by atoms with van der Waals surface area (Å²) < 4.78 is 23.7. The number of likely N-dealkylation sites (N-methyl/N-ethyl adjacent to an activating group) is 1. The monoisotopic (exact) mass is 970 g/mol. The van der Waals surface area contributed by atoms with E-state index < -0.39 is 20.0 Å². The number of nitrogens with zero attached hydrogens (tertiary/aromatic N) is 1. The van der Waals surface area contributed by atoms with Crippen molar-refractivity contribution in [3.63, 3.8) is 0 Å². The van der Waals surface area contributed by atoms with E-state index in [-0.39, 0.29) is 19.1 Å². The first kappa shape index (κ1) is 66.2. The molecule has 0 saturated carbocycles. The largest absolute Gasteiger partial charge is 0.472 e. The van der Waals surface area contributed by atoms with Gasteiger partial charge in [-0.05, 0) is 38.5 Å². The second kappa shape index (κ2) is 50.2. The number of aliphatic hydroxyl groups is 1. The third-order valence-corrected chi connectivity index (χ3v) is 14.7. The molecule has 0 aliphatic heterocycles. The number of rotatable bonds is 55. The highest BCUT2D eigenvalue weighted by Crippen LogP contribution is 2.43. The zero-order valence-electron chi connectivity index (χ0n) is 45.7. The van der Waals surface area contributed by atoms with Gasteiger partial charge >= 0.3 is 7.82 Å². The maximum atomic E-state index is 12.9. The maximum Gasteiger partial charge on any atom is 0.472 e. The Morgan fingerprint density at radius 2 is 0.806 bits per heavy atom. The third-order valence-electron chi connectivity index (χ3n) is 13.8. The molecule has 8 nitrogen and oxygen atoms in total. The van der Waals surface area contributed by atoms with Crippen LogP contribution in [0.4, 0.5) is 0 Å². The Morgan fingerprint density at radius 3 is 1.15 bits per heavy atom. The topological polar surface area (TPSA) is 105 Å². The van der Waals surface area contributed by atoms with E-state index in [1.165, 1.54) is 238 Å². The van der Waals surface area contributed by atoms with Gasteiger partial charge in [0.05, 0.1) is 39.9 Å². The van der Waals surface area contributed by atoms with Crippen molar-refractivity contribution in [3.05, 3.63) is 12.2 Å². The van der Waals surface area contributed by atoms with Crippen molar-refractivity contribution in [1.29, 1.82) is 0 Å². The van der Waals surface area contributed by atoms with E-state index in [0.29, 0.717) is 23.9 Å². The molecule has 3 unspecified atom stereocenters. The average molecular weight is 971 g/mol. The van der Waals surface area contributed by atoms with Gasteiger partial charge in [-0.3, -0.25) is 13.8 Å². The van der Waals surface area contributed by atoms with Crippen LogP contribution in [-0.2, 0) is 18.4 Å². The molecule has 9 heteroatoms. The van der Waals surface area contributed by atoms with Crippen LogP contribution in [0.1, 0.15) is 303 Å². The van der Waals surface area contributed by atoms with Crippen LogP contribution in [0.2, 0.25) is 0 Å². The van der Waals surface area contributed by atoms with Gasteiger partial charge in [-0.2, -0.15) is 0 Å². The Hall–Kier alpha value is -0.760. The molecular weight excluding hydrogens is 852 g/mol. The molecule has 0 saturated heterocycles. The van der Waals surface area contributed by atoms with Gasteiger partial charge < -0.3 is 19.8 Å². The van der Waals surface area contributed by atoms with Crippen LogP contribution in [0.25, 0.3) is 0 Å². The number of unbranched alkanes of at least 4 members (excludes halogenated alkanes) is 40. The lowest BCUT2D eigenvalue weighted by Crippen LogP contribution is -2.46. The average Bonchev–Trinajstić information content (AvgIpc) is 3.29. The summed E-state index contributed by atoms with van der Waals surface area (Å²) in [6, 6.07) is -0.754. The summed E-state index contributed by atoms with van der Waals surface area (Å²) in [6.45, 7) is 4.90. The molecule has 1 amide bonds.